The number of rotatable bonds is 5. The van der Waals surface area contributed by atoms with Crippen LogP contribution in [0.4, 0.5) is 10.1 Å². The molecule has 0 aliphatic heterocycles. The Hall–Kier alpha value is -2.83. The first kappa shape index (κ1) is 14.6. The minimum Gasteiger partial charge on any atom is -0.481 e. The van der Waals surface area contributed by atoms with Gasteiger partial charge in [-0.05, 0) is 30.2 Å². The van der Waals surface area contributed by atoms with Gasteiger partial charge in [-0.25, -0.2) is 4.39 Å². The minimum absolute atomic E-state index is 0.125. The van der Waals surface area contributed by atoms with Crippen molar-refractivity contribution in [3.63, 3.8) is 0 Å². The van der Waals surface area contributed by atoms with Crippen LogP contribution in [0.5, 0.6) is 0 Å². The van der Waals surface area contributed by atoms with E-state index in [2.05, 4.69) is 4.98 Å². The quantitative estimate of drug-likeness (QED) is 0.674. The molecule has 1 aromatic carbocycles. The summed E-state index contributed by atoms with van der Waals surface area (Å²) in [6.07, 6.45) is 1.15. The molecule has 21 heavy (non-hydrogen) atoms. The van der Waals surface area contributed by atoms with E-state index in [4.69, 9.17) is 0 Å². The van der Waals surface area contributed by atoms with Gasteiger partial charge in [0.15, 0.2) is 0 Å². The van der Waals surface area contributed by atoms with E-state index in [9.17, 15) is 24.4 Å². The van der Waals surface area contributed by atoms with Crippen LogP contribution in [0.3, 0.4) is 0 Å². The molecule has 0 fully saturated rings. The lowest BCUT2D eigenvalue weighted by Crippen LogP contribution is -2.16. The zero-order valence-electron chi connectivity index (χ0n) is 10.8. The molecule has 1 unspecified atom stereocenters. The second-order valence-corrected chi connectivity index (χ2v) is 4.42. The number of aromatic nitrogens is 1. The molecule has 2 aromatic rings. The molecule has 7 heteroatoms. The predicted molar refractivity (Wildman–Crippen MR) is 71.4 cm³/mol. The second kappa shape index (κ2) is 6.08. The van der Waals surface area contributed by atoms with Crippen molar-refractivity contribution < 1.29 is 19.2 Å². The molecule has 1 aromatic heterocycles. The molecular weight excluding hydrogens is 279 g/mol. The van der Waals surface area contributed by atoms with Crippen LogP contribution in [0.25, 0.3) is 0 Å². The van der Waals surface area contributed by atoms with E-state index in [1.54, 1.807) is 0 Å². The number of nitro groups is 1. The van der Waals surface area contributed by atoms with Crippen molar-refractivity contribution in [3.8, 4) is 0 Å². The molecule has 2 rings (SSSR count). The summed E-state index contributed by atoms with van der Waals surface area (Å²) in [5.41, 5.74) is 0.658. The van der Waals surface area contributed by atoms with E-state index in [0.29, 0.717) is 5.56 Å². The maximum atomic E-state index is 12.8. The van der Waals surface area contributed by atoms with E-state index in [1.807, 2.05) is 0 Å². The maximum absolute atomic E-state index is 12.8. The number of hydrogen-bond donors (Lipinski definition) is 1. The number of halogens is 1. The Morgan fingerprint density at radius 2 is 1.95 bits per heavy atom. The number of hydrogen-bond acceptors (Lipinski definition) is 4. The van der Waals surface area contributed by atoms with Crippen LogP contribution >= 0.6 is 0 Å². The molecule has 0 bridgehead atoms. The van der Waals surface area contributed by atoms with Crippen molar-refractivity contribution in [3.05, 3.63) is 69.8 Å². The third kappa shape index (κ3) is 3.59. The lowest BCUT2D eigenvalue weighted by Gasteiger charge is -2.11. The van der Waals surface area contributed by atoms with E-state index < -0.39 is 22.6 Å². The number of carbonyl (C=O) groups is 1. The molecule has 1 atom stereocenters. The summed E-state index contributed by atoms with van der Waals surface area (Å²) in [6.45, 7) is 0. The summed E-state index contributed by atoms with van der Waals surface area (Å²) < 4.78 is 12.8. The lowest BCUT2D eigenvalue weighted by molar-refractivity contribution is -0.385. The van der Waals surface area contributed by atoms with Gasteiger partial charge in [-0.1, -0.05) is 12.1 Å². The Kier molecular flexibility index (Phi) is 4.22. The van der Waals surface area contributed by atoms with E-state index in [-0.39, 0.29) is 17.8 Å². The zero-order chi connectivity index (χ0) is 15.4. The Balaban J connectivity index is 2.24. The smallest absolute Gasteiger partial charge is 0.312 e. The van der Waals surface area contributed by atoms with Gasteiger partial charge in [0.05, 0.1) is 10.6 Å². The van der Waals surface area contributed by atoms with Gasteiger partial charge in [-0.3, -0.25) is 19.9 Å². The number of pyridine rings is 1. The van der Waals surface area contributed by atoms with Crippen molar-refractivity contribution >= 4 is 11.7 Å². The highest BCUT2D eigenvalue weighted by molar-refractivity contribution is 5.76. The highest BCUT2D eigenvalue weighted by Crippen LogP contribution is 2.21. The standard InChI is InChI=1S/C14H11FN2O4/c15-10-3-1-9(2-4-10)7-12(14(18)19)13-6-5-11(8-16-13)17(20)21/h1-6,8,12H,7H2,(H,18,19). The fourth-order valence-corrected chi connectivity index (χ4v) is 1.89. The van der Waals surface area contributed by atoms with Gasteiger partial charge in [0.1, 0.15) is 17.9 Å². The molecule has 0 saturated carbocycles. The van der Waals surface area contributed by atoms with Crippen LogP contribution in [0.15, 0.2) is 42.6 Å². The normalized spacial score (nSPS) is 11.9. The van der Waals surface area contributed by atoms with E-state index >= 15 is 0 Å². The average molecular weight is 290 g/mol. The summed E-state index contributed by atoms with van der Waals surface area (Å²) in [5.74, 6) is -2.45. The molecule has 0 saturated heterocycles. The van der Waals surface area contributed by atoms with E-state index in [1.165, 1.54) is 36.4 Å². The number of carboxylic acid groups (broad SMARTS) is 1. The third-order valence-corrected chi connectivity index (χ3v) is 2.99. The van der Waals surface area contributed by atoms with Gasteiger partial charge in [0, 0.05) is 6.07 Å². The third-order valence-electron chi connectivity index (χ3n) is 2.99. The molecule has 6 nitrogen and oxygen atoms in total. The van der Waals surface area contributed by atoms with Gasteiger partial charge >= 0.3 is 5.97 Å². The van der Waals surface area contributed by atoms with Crippen LogP contribution in [0, 0.1) is 15.9 Å². The number of aliphatic carboxylic acids is 1. The van der Waals surface area contributed by atoms with Gasteiger partial charge in [0.2, 0.25) is 0 Å². The van der Waals surface area contributed by atoms with Crippen LogP contribution in [-0.2, 0) is 11.2 Å². The fourth-order valence-electron chi connectivity index (χ4n) is 1.89. The van der Waals surface area contributed by atoms with Crippen LogP contribution < -0.4 is 0 Å². The molecule has 0 aliphatic carbocycles. The molecule has 108 valence electrons. The molecule has 0 spiro atoms. The largest absolute Gasteiger partial charge is 0.481 e. The summed E-state index contributed by atoms with van der Waals surface area (Å²) >= 11 is 0. The van der Waals surface area contributed by atoms with Gasteiger partial charge in [0.25, 0.3) is 5.69 Å². The van der Waals surface area contributed by atoms with Crippen molar-refractivity contribution in [1.82, 2.24) is 4.98 Å². The SMILES string of the molecule is O=C(O)C(Cc1ccc(F)cc1)c1ccc([N+](=O)[O-])cn1. The second-order valence-electron chi connectivity index (χ2n) is 4.42. The maximum Gasteiger partial charge on any atom is 0.312 e. The monoisotopic (exact) mass is 290 g/mol. The Morgan fingerprint density at radius 1 is 1.29 bits per heavy atom. The average Bonchev–Trinajstić information content (AvgIpc) is 2.46. The molecule has 1 heterocycles. The van der Waals surface area contributed by atoms with E-state index in [0.717, 1.165) is 6.20 Å². The van der Waals surface area contributed by atoms with Crippen LogP contribution in [0.1, 0.15) is 17.2 Å². The number of nitrogens with zero attached hydrogens (tertiary/aromatic N) is 2. The highest BCUT2D eigenvalue weighted by Gasteiger charge is 2.22. The number of benzene rings is 1. The zero-order valence-corrected chi connectivity index (χ0v) is 10.8. The molecule has 0 radical (unpaired) electrons. The minimum atomic E-state index is -1.10. The van der Waals surface area contributed by atoms with Gasteiger partial charge in [-0.2, -0.15) is 0 Å². The van der Waals surface area contributed by atoms with Crippen LogP contribution in [-0.4, -0.2) is 21.0 Å². The highest BCUT2D eigenvalue weighted by atomic mass is 19.1. The van der Waals surface area contributed by atoms with Crippen molar-refractivity contribution in [2.75, 3.05) is 0 Å². The summed E-state index contributed by atoms with van der Waals surface area (Å²) in [7, 11) is 0. The molecule has 0 aliphatic rings. The Bertz CT molecular complexity index is 656. The first-order valence-electron chi connectivity index (χ1n) is 6.05. The molecule has 1 N–H and O–H groups in total. The topological polar surface area (TPSA) is 93.3 Å². The Morgan fingerprint density at radius 3 is 2.43 bits per heavy atom. The summed E-state index contributed by atoms with van der Waals surface area (Å²) in [5, 5.41) is 19.8. The first-order chi connectivity index (χ1) is 9.97. The van der Waals surface area contributed by atoms with Crippen LogP contribution in [0.2, 0.25) is 0 Å². The summed E-state index contributed by atoms with van der Waals surface area (Å²) in [4.78, 5) is 25.1. The summed E-state index contributed by atoms with van der Waals surface area (Å²) in [6, 6.07) is 8.02. The number of carboxylic acids is 1. The van der Waals surface area contributed by atoms with Gasteiger partial charge < -0.3 is 5.11 Å². The lowest BCUT2D eigenvalue weighted by atomic mass is 9.96. The van der Waals surface area contributed by atoms with Crippen molar-refractivity contribution in [2.45, 2.75) is 12.3 Å². The molecular formula is C14H11FN2O4. The van der Waals surface area contributed by atoms with Crippen molar-refractivity contribution in [2.24, 2.45) is 0 Å². The first-order valence-corrected chi connectivity index (χ1v) is 6.05. The Labute approximate surface area is 119 Å². The molecule has 0 amide bonds. The van der Waals surface area contributed by atoms with Crippen molar-refractivity contribution in [1.29, 1.82) is 0 Å². The van der Waals surface area contributed by atoms with Gasteiger partial charge in [-0.15, -0.1) is 0 Å². The fraction of sp³-hybridized carbons (Fsp3) is 0.143. The predicted octanol–water partition coefficient (Wildman–Crippen LogP) is 2.54.